The summed E-state index contributed by atoms with van der Waals surface area (Å²) in [6, 6.07) is 0. The zero-order valence-electron chi connectivity index (χ0n) is 12.6. The summed E-state index contributed by atoms with van der Waals surface area (Å²) < 4.78 is 0. The van der Waals surface area contributed by atoms with Crippen LogP contribution in [0.4, 0.5) is 10.7 Å². The molecule has 1 aromatic rings. The van der Waals surface area contributed by atoms with Crippen LogP contribution in [-0.4, -0.2) is 36.2 Å². The summed E-state index contributed by atoms with van der Waals surface area (Å²) in [5, 5.41) is 14.1. The fraction of sp³-hybridized carbons (Fsp3) is 0.667. The highest BCUT2D eigenvalue weighted by Gasteiger charge is 2.38. The number of aliphatic hydroxyl groups is 1. The van der Waals surface area contributed by atoms with Crippen LogP contribution in [0.25, 0.3) is 0 Å². The van der Waals surface area contributed by atoms with E-state index in [-0.39, 0.29) is 5.91 Å². The van der Waals surface area contributed by atoms with Gasteiger partial charge in [-0.05, 0) is 39.0 Å². The molecule has 21 heavy (non-hydrogen) atoms. The lowest BCUT2D eigenvalue weighted by atomic mass is 10.1. The van der Waals surface area contributed by atoms with Gasteiger partial charge in [-0.1, -0.05) is 0 Å². The van der Waals surface area contributed by atoms with Crippen molar-refractivity contribution in [1.82, 2.24) is 5.32 Å². The van der Waals surface area contributed by atoms with E-state index in [9.17, 15) is 9.90 Å². The third-order valence-corrected chi connectivity index (χ3v) is 5.51. The molecule has 5 nitrogen and oxygen atoms in total. The van der Waals surface area contributed by atoms with Crippen molar-refractivity contribution >= 4 is 27.9 Å². The Hall–Kier alpha value is -1.27. The smallest absolute Gasteiger partial charge is 0.263 e. The van der Waals surface area contributed by atoms with Crippen LogP contribution in [0.15, 0.2) is 0 Å². The van der Waals surface area contributed by atoms with E-state index >= 15 is 0 Å². The molecule has 0 spiro atoms. The number of thiophene rings is 1. The molecule has 4 N–H and O–H groups in total. The van der Waals surface area contributed by atoms with E-state index in [1.54, 1.807) is 0 Å². The summed E-state index contributed by atoms with van der Waals surface area (Å²) in [5.41, 5.74) is 7.41. The largest absolute Gasteiger partial charge is 0.397 e. The molecule has 116 valence electrons. The first-order chi connectivity index (χ1) is 9.93. The minimum Gasteiger partial charge on any atom is -0.397 e. The monoisotopic (exact) mass is 309 g/mol. The van der Waals surface area contributed by atoms with Crippen LogP contribution in [-0.2, 0) is 0 Å². The molecule has 1 amide bonds. The highest BCUT2D eigenvalue weighted by atomic mass is 32.1. The number of hydrogen-bond acceptors (Lipinski definition) is 5. The molecule has 6 heteroatoms. The Kier molecular flexibility index (Phi) is 3.61. The maximum Gasteiger partial charge on any atom is 0.263 e. The molecule has 1 atom stereocenters. The summed E-state index contributed by atoms with van der Waals surface area (Å²) >= 11 is 1.48. The summed E-state index contributed by atoms with van der Waals surface area (Å²) in [6.45, 7) is 5.80. The maximum atomic E-state index is 12.2. The fourth-order valence-electron chi connectivity index (χ4n) is 2.97. The number of hydrogen-bond donors (Lipinski definition) is 3. The maximum absolute atomic E-state index is 12.2. The number of nitrogens with two attached hydrogens (primary N) is 1. The second-order valence-corrected chi connectivity index (χ2v) is 7.36. The number of nitrogens with one attached hydrogen (secondary N) is 1. The molecule has 1 saturated carbocycles. The van der Waals surface area contributed by atoms with E-state index in [0.29, 0.717) is 29.6 Å². The molecule has 1 saturated heterocycles. The van der Waals surface area contributed by atoms with E-state index < -0.39 is 5.60 Å². The van der Waals surface area contributed by atoms with Gasteiger partial charge in [0.25, 0.3) is 5.91 Å². The first-order valence-corrected chi connectivity index (χ1v) is 8.42. The van der Waals surface area contributed by atoms with E-state index in [0.717, 1.165) is 36.4 Å². The summed E-state index contributed by atoms with van der Waals surface area (Å²) in [6.07, 6.45) is 3.05. The highest BCUT2D eigenvalue weighted by molar-refractivity contribution is 7.18. The third-order valence-electron chi connectivity index (χ3n) is 4.23. The molecular formula is C15H23N3O2S. The number of rotatable bonds is 4. The van der Waals surface area contributed by atoms with Crippen LogP contribution in [0.3, 0.4) is 0 Å². The molecule has 2 fully saturated rings. The standard InChI is InChI=1S/C15H23N3O2S/c1-3-17-13(19)12-11(16)10(9-4-5-9)14(21-12)18-7-6-15(2,20)8-18/h9,20H,3-8,16H2,1-2H3,(H,17,19). The minimum atomic E-state index is -0.647. The predicted molar refractivity (Wildman–Crippen MR) is 86.2 cm³/mol. The first-order valence-electron chi connectivity index (χ1n) is 7.60. The van der Waals surface area contributed by atoms with Gasteiger partial charge in [0, 0.05) is 25.2 Å². The predicted octanol–water partition coefficient (Wildman–Crippen LogP) is 1.92. The van der Waals surface area contributed by atoms with Crippen molar-refractivity contribution in [2.45, 2.75) is 44.6 Å². The second kappa shape index (κ2) is 5.18. The van der Waals surface area contributed by atoms with Crippen LogP contribution >= 0.6 is 11.3 Å². The van der Waals surface area contributed by atoms with Crippen molar-refractivity contribution in [1.29, 1.82) is 0 Å². The van der Waals surface area contributed by atoms with Gasteiger partial charge in [0.2, 0.25) is 0 Å². The number of carbonyl (C=O) groups is 1. The molecule has 2 aliphatic rings. The molecule has 2 heterocycles. The van der Waals surface area contributed by atoms with E-state index in [2.05, 4.69) is 10.2 Å². The lowest BCUT2D eigenvalue weighted by Gasteiger charge is -2.20. The first kappa shape index (κ1) is 14.7. The van der Waals surface area contributed by atoms with Gasteiger partial charge in [0.05, 0.1) is 16.3 Å². The average Bonchev–Trinajstić information content (AvgIpc) is 3.09. The number of amides is 1. The van der Waals surface area contributed by atoms with Crippen molar-refractivity contribution < 1.29 is 9.90 Å². The molecular weight excluding hydrogens is 286 g/mol. The normalized spacial score (nSPS) is 25.4. The topological polar surface area (TPSA) is 78.6 Å². The fourth-order valence-corrected chi connectivity index (χ4v) is 4.22. The lowest BCUT2D eigenvalue weighted by Crippen LogP contribution is -2.29. The van der Waals surface area contributed by atoms with Gasteiger partial charge in [-0.3, -0.25) is 4.79 Å². The Morgan fingerprint density at radius 3 is 2.81 bits per heavy atom. The summed E-state index contributed by atoms with van der Waals surface area (Å²) in [4.78, 5) is 15.0. The zero-order valence-corrected chi connectivity index (χ0v) is 13.4. The van der Waals surface area contributed by atoms with E-state index in [1.807, 2.05) is 13.8 Å². The van der Waals surface area contributed by atoms with Gasteiger partial charge in [-0.25, -0.2) is 0 Å². The number of β-amino-alcohol motifs (C(OH)–C–C–N with tert-alkyl or cyclic N) is 1. The number of nitrogen functional groups attached to an aromatic ring is 1. The summed E-state index contributed by atoms with van der Waals surface area (Å²) in [7, 11) is 0. The highest BCUT2D eigenvalue weighted by Crippen LogP contribution is 2.52. The van der Waals surface area contributed by atoms with Gasteiger partial charge in [0.1, 0.15) is 4.88 Å². The molecule has 1 unspecified atom stereocenters. The van der Waals surface area contributed by atoms with Crippen molar-refractivity contribution in [3.8, 4) is 0 Å². The minimum absolute atomic E-state index is 0.0842. The SMILES string of the molecule is CCNC(=O)c1sc(N2CCC(C)(O)C2)c(C2CC2)c1N. The average molecular weight is 309 g/mol. The van der Waals surface area contributed by atoms with Gasteiger partial charge in [-0.2, -0.15) is 0 Å². The van der Waals surface area contributed by atoms with Crippen LogP contribution < -0.4 is 16.0 Å². The van der Waals surface area contributed by atoms with Crippen LogP contribution in [0.2, 0.25) is 0 Å². The Morgan fingerprint density at radius 2 is 2.29 bits per heavy atom. The molecule has 3 rings (SSSR count). The summed E-state index contributed by atoms with van der Waals surface area (Å²) in [5.74, 6) is 0.407. The Labute approximate surface area is 129 Å². The number of carbonyl (C=O) groups excluding carboxylic acids is 1. The van der Waals surface area contributed by atoms with Gasteiger partial charge in [-0.15, -0.1) is 11.3 Å². The van der Waals surface area contributed by atoms with Gasteiger partial charge < -0.3 is 21.1 Å². The molecule has 1 aliphatic carbocycles. The molecule has 1 aromatic heterocycles. The van der Waals surface area contributed by atoms with Crippen molar-refractivity contribution in [2.75, 3.05) is 30.3 Å². The van der Waals surface area contributed by atoms with Crippen molar-refractivity contribution in [2.24, 2.45) is 0 Å². The van der Waals surface area contributed by atoms with E-state index in [1.165, 1.54) is 11.3 Å². The van der Waals surface area contributed by atoms with Crippen LogP contribution in [0, 0.1) is 0 Å². The van der Waals surface area contributed by atoms with Crippen LogP contribution in [0.1, 0.15) is 54.3 Å². The van der Waals surface area contributed by atoms with Crippen molar-refractivity contribution in [3.63, 3.8) is 0 Å². The Balaban J connectivity index is 1.96. The molecule has 0 aromatic carbocycles. The van der Waals surface area contributed by atoms with Crippen LogP contribution in [0.5, 0.6) is 0 Å². The van der Waals surface area contributed by atoms with Crippen molar-refractivity contribution in [3.05, 3.63) is 10.4 Å². The third kappa shape index (κ3) is 2.74. The molecule has 0 bridgehead atoms. The quantitative estimate of drug-likeness (QED) is 0.794. The lowest BCUT2D eigenvalue weighted by molar-refractivity contribution is 0.0839. The Bertz CT molecular complexity index is 564. The zero-order chi connectivity index (χ0) is 15.2. The molecule has 0 radical (unpaired) electrons. The molecule has 1 aliphatic heterocycles. The van der Waals surface area contributed by atoms with E-state index in [4.69, 9.17) is 5.73 Å². The number of anilines is 2. The Morgan fingerprint density at radius 1 is 1.57 bits per heavy atom. The van der Waals surface area contributed by atoms with Gasteiger partial charge >= 0.3 is 0 Å². The van der Waals surface area contributed by atoms with Gasteiger partial charge in [0.15, 0.2) is 0 Å². The number of nitrogens with zero attached hydrogens (tertiary/aromatic N) is 1. The second-order valence-electron chi connectivity index (χ2n) is 6.37.